The first-order chi connectivity index (χ1) is 8.79. The fourth-order valence-electron chi connectivity index (χ4n) is 2.57. The number of nitrogens with one attached hydrogen (secondary N) is 1. The standard InChI is InChI=1S/C15H21NO2/c17-11-14(10-12-6-2-1-3-7-12)16-15(18)13-8-4-5-9-13/h1-3,6-7,13-14,17H,4-5,8-11H2,(H,16,18)/t14-/m0/s1. The van der Waals surface area contributed by atoms with Gasteiger partial charge in [-0.25, -0.2) is 0 Å². The van der Waals surface area contributed by atoms with Crippen LogP contribution in [0.1, 0.15) is 31.2 Å². The highest BCUT2D eigenvalue weighted by molar-refractivity contribution is 5.79. The average Bonchev–Trinajstić information content (AvgIpc) is 2.93. The van der Waals surface area contributed by atoms with Crippen molar-refractivity contribution in [2.24, 2.45) is 5.92 Å². The monoisotopic (exact) mass is 247 g/mol. The van der Waals surface area contributed by atoms with Gasteiger partial charge in [-0.2, -0.15) is 0 Å². The molecule has 0 aliphatic heterocycles. The zero-order valence-corrected chi connectivity index (χ0v) is 10.6. The third-order valence-electron chi connectivity index (χ3n) is 3.62. The predicted octanol–water partition coefficient (Wildman–Crippen LogP) is 1.90. The highest BCUT2D eigenvalue weighted by Gasteiger charge is 2.24. The molecule has 2 N–H and O–H groups in total. The van der Waals surface area contributed by atoms with Crippen LogP contribution in [0.2, 0.25) is 0 Å². The number of aliphatic hydroxyl groups excluding tert-OH is 1. The van der Waals surface area contributed by atoms with E-state index in [9.17, 15) is 9.90 Å². The van der Waals surface area contributed by atoms with Gasteiger partial charge >= 0.3 is 0 Å². The van der Waals surface area contributed by atoms with Crippen molar-refractivity contribution in [3.05, 3.63) is 35.9 Å². The van der Waals surface area contributed by atoms with E-state index in [4.69, 9.17) is 0 Å². The Morgan fingerprint density at radius 3 is 2.56 bits per heavy atom. The first kappa shape index (κ1) is 13.1. The number of amides is 1. The molecule has 1 amide bonds. The molecule has 98 valence electrons. The number of carbonyl (C=O) groups is 1. The van der Waals surface area contributed by atoms with Crippen LogP contribution in [0.5, 0.6) is 0 Å². The van der Waals surface area contributed by atoms with Crippen molar-refractivity contribution in [3.8, 4) is 0 Å². The second-order valence-corrected chi connectivity index (χ2v) is 5.06. The van der Waals surface area contributed by atoms with Gasteiger partial charge < -0.3 is 10.4 Å². The highest BCUT2D eigenvalue weighted by Crippen LogP contribution is 2.24. The first-order valence-electron chi connectivity index (χ1n) is 6.74. The smallest absolute Gasteiger partial charge is 0.223 e. The molecule has 0 heterocycles. The molecule has 0 spiro atoms. The molecule has 0 radical (unpaired) electrons. The number of benzene rings is 1. The lowest BCUT2D eigenvalue weighted by atomic mass is 10.0. The van der Waals surface area contributed by atoms with E-state index in [1.807, 2.05) is 30.3 Å². The van der Waals surface area contributed by atoms with Crippen molar-refractivity contribution in [2.45, 2.75) is 38.1 Å². The summed E-state index contributed by atoms with van der Waals surface area (Å²) in [5, 5.41) is 12.3. The van der Waals surface area contributed by atoms with Gasteiger partial charge in [-0.1, -0.05) is 43.2 Å². The van der Waals surface area contributed by atoms with Gasteiger partial charge in [0.05, 0.1) is 12.6 Å². The predicted molar refractivity (Wildman–Crippen MR) is 71.1 cm³/mol. The fourth-order valence-corrected chi connectivity index (χ4v) is 2.57. The summed E-state index contributed by atoms with van der Waals surface area (Å²) in [6, 6.07) is 9.79. The second kappa shape index (κ2) is 6.55. The van der Waals surface area contributed by atoms with E-state index >= 15 is 0 Å². The second-order valence-electron chi connectivity index (χ2n) is 5.06. The minimum atomic E-state index is -0.166. The molecule has 1 aliphatic rings. The van der Waals surface area contributed by atoms with Crippen LogP contribution in [-0.2, 0) is 11.2 Å². The molecular formula is C15H21NO2. The minimum Gasteiger partial charge on any atom is -0.394 e. The summed E-state index contributed by atoms with van der Waals surface area (Å²) in [7, 11) is 0. The molecule has 1 saturated carbocycles. The van der Waals surface area contributed by atoms with E-state index in [0.717, 1.165) is 31.2 Å². The van der Waals surface area contributed by atoms with Crippen molar-refractivity contribution in [1.82, 2.24) is 5.32 Å². The topological polar surface area (TPSA) is 49.3 Å². The van der Waals surface area contributed by atoms with Crippen LogP contribution in [0.3, 0.4) is 0 Å². The van der Waals surface area contributed by atoms with Crippen LogP contribution >= 0.6 is 0 Å². The zero-order valence-electron chi connectivity index (χ0n) is 10.6. The summed E-state index contributed by atoms with van der Waals surface area (Å²) in [5.74, 6) is 0.275. The minimum absolute atomic E-state index is 0.00659. The quantitative estimate of drug-likeness (QED) is 0.835. The molecule has 1 aliphatic carbocycles. The highest BCUT2D eigenvalue weighted by atomic mass is 16.3. The largest absolute Gasteiger partial charge is 0.394 e. The summed E-state index contributed by atoms with van der Waals surface area (Å²) >= 11 is 0. The van der Waals surface area contributed by atoms with Gasteiger partial charge in [0.2, 0.25) is 5.91 Å². The number of hydrogen-bond acceptors (Lipinski definition) is 2. The van der Waals surface area contributed by atoms with Crippen molar-refractivity contribution in [3.63, 3.8) is 0 Å². The van der Waals surface area contributed by atoms with E-state index in [0.29, 0.717) is 6.42 Å². The molecule has 0 bridgehead atoms. The van der Waals surface area contributed by atoms with Gasteiger partial charge in [0.25, 0.3) is 0 Å². The SMILES string of the molecule is O=C(N[C@H](CO)Cc1ccccc1)C1CCCC1. The van der Waals surface area contributed by atoms with Crippen LogP contribution in [0.25, 0.3) is 0 Å². The molecule has 3 heteroatoms. The Morgan fingerprint density at radius 1 is 1.28 bits per heavy atom. The molecule has 2 rings (SSSR count). The molecule has 1 fully saturated rings. The summed E-state index contributed by atoms with van der Waals surface area (Å²) in [4.78, 5) is 12.0. The van der Waals surface area contributed by atoms with Crippen LogP contribution in [0.4, 0.5) is 0 Å². The lowest BCUT2D eigenvalue weighted by Gasteiger charge is -2.19. The normalized spacial score (nSPS) is 17.6. The molecule has 1 atom stereocenters. The summed E-state index contributed by atoms with van der Waals surface area (Å²) in [5.41, 5.74) is 1.14. The summed E-state index contributed by atoms with van der Waals surface area (Å²) < 4.78 is 0. The van der Waals surface area contributed by atoms with Gasteiger partial charge in [0.15, 0.2) is 0 Å². The maximum atomic E-state index is 12.0. The maximum absolute atomic E-state index is 12.0. The van der Waals surface area contributed by atoms with Gasteiger partial charge in [0, 0.05) is 5.92 Å². The van der Waals surface area contributed by atoms with E-state index in [1.165, 1.54) is 0 Å². The number of aliphatic hydroxyl groups is 1. The Bertz CT molecular complexity index is 371. The van der Waals surface area contributed by atoms with Crippen LogP contribution in [0.15, 0.2) is 30.3 Å². The lowest BCUT2D eigenvalue weighted by Crippen LogP contribution is -2.41. The van der Waals surface area contributed by atoms with Crippen molar-refractivity contribution in [1.29, 1.82) is 0 Å². The fraction of sp³-hybridized carbons (Fsp3) is 0.533. The van der Waals surface area contributed by atoms with Gasteiger partial charge in [0.1, 0.15) is 0 Å². The molecule has 0 saturated heterocycles. The van der Waals surface area contributed by atoms with Crippen LogP contribution in [-0.4, -0.2) is 23.7 Å². The zero-order chi connectivity index (χ0) is 12.8. The molecule has 1 aromatic carbocycles. The van der Waals surface area contributed by atoms with E-state index in [-0.39, 0.29) is 24.5 Å². The maximum Gasteiger partial charge on any atom is 0.223 e. The first-order valence-corrected chi connectivity index (χ1v) is 6.74. The number of carbonyl (C=O) groups excluding carboxylic acids is 1. The molecule has 1 aromatic rings. The van der Waals surface area contributed by atoms with E-state index < -0.39 is 0 Å². The van der Waals surface area contributed by atoms with E-state index in [1.54, 1.807) is 0 Å². The molecule has 18 heavy (non-hydrogen) atoms. The molecule has 0 unspecified atom stereocenters. The Kier molecular flexibility index (Phi) is 4.76. The number of rotatable bonds is 5. The number of hydrogen-bond donors (Lipinski definition) is 2. The molecule has 3 nitrogen and oxygen atoms in total. The lowest BCUT2D eigenvalue weighted by molar-refractivity contribution is -0.125. The third kappa shape index (κ3) is 3.57. The third-order valence-corrected chi connectivity index (χ3v) is 3.62. The van der Waals surface area contributed by atoms with Crippen LogP contribution < -0.4 is 5.32 Å². The Labute approximate surface area is 108 Å². The van der Waals surface area contributed by atoms with Crippen molar-refractivity contribution in [2.75, 3.05) is 6.61 Å². The Hall–Kier alpha value is -1.35. The van der Waals surface area contributed by atoms with Crippen molar-refractivity contribution < 1.29 is 9.90 Å². The molecule has 0 aromatic heterocycles. The van der Waals surface area contributed by atoms with E-state index in [2.05, 4.69) is 5.32 Å². The van der Waals surface area contributed by atoms with Crippen LogP contribution in [0, 0.1) is 5.92 Å². The summed E-state index contributed by atoms with van der Waals surface area (Å²) in [6.07, 6.45) is 4.99. The average molecular weight is 247 g/mol. The molecular weight excluding hydrogens is 226 g/mol. The Morgan fingerprint density at radius 2 is 1.94 bits per heavy atom. The van der Waals surface area contributed by atoms with Gasteiger partial charge in [-0.3, -0.25) is 4.79 Å². The van der Waals surface area contributed by atoms with Crippen molar-refractivity contribution >= 4 is 5.91 Å². The van der Waals surface area contributed by atoms with Gasteiger partial charge in [-0.05, 0) is 24.8 Å². The van der Waals surface area contributed by atoms with Gasteiger partial charge in [-0.15, -0.1) is 0 Å². The summed E-state index contributed by atoms with van der Waals surface area (Å²) in [6.45, 7) is -0.00659. The Balaban J connectivity index is 1.87.